The number of carbonyl (C=O) groups is 1. The lowest BCUT2D eigenvalue weighted by molar-refractivity contribution is 0.103. The molecule has 0 unspecified atom stereocenters. The number of pyridine rings is 1. The Morgan fingerprint density at radius 1 is 1.25 bits per heavy atom. The number of carbonyl (C=O) groups excluding carboxylic acids is 1. The molecule has 0 saturated carbocycles. The van der Waals surface area contributed by atoms with Crippen LogP contribution < -0.4 is 0 Å². The number of benzene rings is 1. The summed E-state index contributed by atoms with van der Waals surface area (Å²) in [4.78, 5) is 15.5. The fourth-order valence-electron chi connectivity index (χ4n) is 1.34. The van der Waals surface area contributed by atoms with E-state index in [4.69, 9.17) is 11.6 Å². The third-order valence-corrected chi connectivity index (χ3v) is 2.42. The van der Waals surface area contributed by atoms with Gasteiger partial charge < -0.3 is 0 Å². The van der Waals surface area contributed by atoms with Crippen LogP contribution in [0.4, 0.5) is 4.39 Å². The zero-order chi connectivity index (χ0) is 11.5. The van der Waals surface area contributed by atoms with Crippen molar-refractivity contribution in [1.29, 1.82) is 0 Å². The highest BCUT2D eigenvalue weighted by Gasteiger charge is 2.12. The van der Waals surface area contributed by atoms with E-state index in [9.17, 15) is 9.18 Å². The molecular formula is C12H7ClFNO. The number of ketones is 1. The molecule has 2 rings (SSSR count). The summed E-state index contributed by atoms with van der Waals surface area (Å²) in [5.74, 6) is -0.879. The van der Waals surface area contributed by atoms with Gasteiger partial charge in [-0.15, -0.1) is 0 Å². The second-order valence-electron chi connectivity index (χ2n) is 3.20. The molecule has 1 aromatic carbocycles. The highest BCUT2D eigenvalue weighted by molar-refractivity contribution is 6.34. The fourth-order valence-corrected chi connectivity index (χ4v) is 1.56. The molecule has 1 aromatic heterocycles. The van der Waals surface area contributed by atoms with Gasteiger partial charge in [0, 0.05) is 17.3 Å². The van der Waals surface area contributed by atoms with Gasteiger partial charge in [-0.3, -0.25) is 9.78 Å². The number of hydrogen-bond acceptors (Lipinski definition) is 2. The molecule has 1 heterocycles. The summed E-state index contributed by atoms with van der Waals surface area (Å²) < 4.78 is 12.9. The van der Waals surface area contributed by atoms with E-state index in [1.54, 1.807) is 24.3 Å². The van der Waals surface area contributed by atoms with Crippen LogP contribution in [0.25, 0.3) is 0 Å². The molecule has 0 spiro atoms. The van der Waals surface area contributed by atoms with E-state index in [0.717, 1.165) is 12.3 Å². The first-order valence-electron chi connectivity index (χ1n) is 4.58. The minimum atomic E-state index is -0.544. The SMILES string of the molecule is O=C(c1cncc(F)c1)c1ccccc1Cl. The van der Waals surface area contributed by atoms with Crippen molar-refractivity contribution in [2.24, 2.45) is 0 Å². The lowest BCUT2D eigenvalue weighted by atomic mass is 10.1. The largest absolute Gasteiger partial charge is 0.288 e. The second-order valence-corrected chi connectivity index (χ2v) is 3.61. The van der Waals surface area contributed by atoms with Crippen LogP contribution in [0.5, 0.6) is 0 Å². The van der Waals surface area contributed by atoms with E-state index >= 15 is 0 Å². The maximum atomic E-state index is 12.9. The maximum absolute atomic E-state index is 12.9. The summed E-state index contributed by atoms with van der Waals surface area (Å²) >= 11 is 5.87. The van der Waals surface area contributed by atoms with Crippen LogP contribution in [0.2, 0.25) is 5.02 Å². The van der Waals surface area contributed by atoms with Gasteiger partial charge in [0.2, 0.25) is 0 Å². The van der Waals surface area contributed by atoms with Gasteiger partial charge in [0.05, 0.1) is 11.2 Å². The fraction of sp³-hybridized carbons (Fsp3) is 0. The van der Waals surface area contributed by atoms with Crippen molar-refractivity contribution in [3.8, 4) is 0 Å². The highest BCUT2D eigenvalue weighted by Crippen LogP contribution is 2.18. The van der Waals surface area contributed by atoms with E-state index in [1.807, 2.05) is 0 Å². The molecule has 0 saturated heterocycles. The van der Waals surface area contributed by atoms with Gasteiger partial charge in [0.1, 0.15) is 5.82 Å². The van der Waals surface area contributed by atoms with E-state index in [0.29, 0.717) is 10.6 Å². The van der Waals surface area contributed by atoms with Crippen LogP contribution >= 0.6 is 11.6 Å². The first-order chi connectivity index (χ1) is 7.68. The van der Waals surface area contributed by atoms with Gasteiger partial charge in [-0.2, -0.15) is 0 Å². The van der Waals surface area contributed by atoms with Gasteiger partial charge in [0.25, 0.3) is 0 Å². The first kappa shape index (κ1) is 10.8. The average molecular weight is 236 g/mol. The molecule has 16 heavy (non-hydrogen) atoms. The molecular weight excluding hydrogens is 229 g/mol. The normalized spacial score (nSPS) is 10.1. The zero-order valence-electron chi connectivity index (χ0n) is 8.15. The third kappa shape index (κ3) is 2.09. The zero-order valence-corrected chi connectivity index (χ0v) is 8.91. The van der Waals surface area contributed by atoms with Crippen LogP contribution in [0.3, 0.4) is 0 Å². The Balaban J connectivity index is 2.44. The molecule has 0 aliphatic carbocycles. The van der Waals surface area contributed by atoms with Crippen LogP contribution in [-0.2, 0) is 0 Å². The molecule has 0 N–H and O–H groups in total. The summed E-state index contributed by atoms with van der Waals surface area (Å²) in [5, 5.41) is 0.344. The van der Waals surface area contributed by atoms with Crippen molar-refractivity contribution >= 4 is 17.4 Å². The lowest BCUT2D eigenvalue weighted by Gasteiger charge is -2.02. The predicted octanol–water partition coefficient (Wildman–Crippen LogP) is 3.11. The Hall–Kier alpha value is -1.74. The van der Waals surface area contributed by atoms with Gasteiger partial charge in [-0.1, -0.05) is 23.7 Å². The van der Waals surface area contributed by atoms with Crippen molar-refractivity contribution in [2.75, 3.05) is 0 Å². The molecule has 2 aromatic rings. The summed E-state index contributed by atoms with van der Waals surface area (Å²) in [5.41, 5.74) is 0.532. The number of halogens is 2. The minimum Gasteiger partial charge on any atom is -0.288 e. The molecule has 80 valence electrons. The molecule has 0 amide bonds. The quantitative estimate of drug-likeness (QED) is 0.749. The maximum Gasteiger partial charge on any atom is 0.196 e. The van der Waals surface area contributed by atoms with Crippen LogP contribution in [-0.4, -0.2) is 10.8 Å². The van der Waals surface area contributed by atoms with E-state index in [-0.39, 0.29) is 11.3 Å². The molecule has 0 fully saturated rings. The Morgan fingerprint density at radius 3 is 2.69 bits per heavy atom. The average Bonchev–Trinajstić information content (AvgIpc) is 2.29. The van der Waals surface area contributed by atoms with Crippen LogP contribution in [0.1, 0.15) is 15.9 Å². The molecule has 2 nitrogen and oxygen atoms in total. The Kier molecular flexibility index (Phi) is 2.97. The van der Waals surface area contributed by atoms with Crippen LogP contribution in [0, 0.1) is 5.82 Å². The van der Waals surface area contributed by atoms with Gasteiger partial charge in [-0.05, 0) is 18.2 Å². The number of aromatic nitrogens is 1. The Labute approximate surface area is 96.7 Å². The predicted molar refractivity (Wildman–Crippen MR) is 59.1 cm³/mol. The summed E-state index contributed by atoms with van der Waals surface area (Å²) in [7, 11) is 0. The molecule has 0 aliphatic heterocycles. The van der Waals surface area contributed by atoms with E-state index in [1.165, 1.54) is 6.20 Å². The summed E-state index contributed by atoms with van der Waals surface area (Å²) in [6, 6.07) is 7.77. The molecule has 0 radical (unpaired) electrons. The Bertz CT molecular complexity index is 542. The van der Waals surface area contributed by atoms with Crippen molar-refractivity contribution in [2.45, 2.75) is 0 Å². The Morgan fingerprint density at radius 2 is 2.00 bits per heavy atom. The number of rotatable bonds is 2. The highest BCUT2D eigenvalue weighted by atomic mass is 35.5. The monoisotopic (exact) mass is 235 g/mol. The molecule has 0 bridgehead atoms. The van der Waals surface area contributed by atoms with E-state index < -0.39 is 5.82 Å². The topological polar surface area (TPSA) is 30.0 Å². The first-order valence-corrected chi connectivity index (χ1v) is 4.96. The van der Waals surface area contributed by atoms with Gasteiger partial charge in [0.15, 0.2) is 5.78 Å². The van der Waals surface area contributed by atoms with Crippen LogP contribution in [0.15, 0.2) is 42.7 Å². The number of nitrogens with zero attached hydrogens (tertiary/aromatic N) is 1. The van der Waals surface area contributed by atoms with Gasteiger partial charge in [-0.25, -0.2) is 4.39 Å². The molecule has 0 aliphatic rings. The van der Waals surface area contributed by atoms with Crippen molar-refractivity contribution in [1.82, 2.24) is 4.98 Å². The minimum absolute atomic E-state index is 0.188. The molecule has 4 heteroatoms. The lowest BCUT2D eigenvalue weighted by Crippen LogP contribution is -2.03. The second kappa shape index (κ2) is 4.41. The van der Waals surface area contributed by atoms with Gasteiger partial charge >= 0.3 is 0 Å². The van der Waals surface area contributed by atoms with E-state index in [2.05, 4.69) is 4.98 Å². The molecule has 0 atom stereocenters. The number of hydrogen-bond donors (Lipinski definition) is 0. The summed E-state index contributed by atoms with van der Waals surface area (Å²) in [6.45, 7) is 0. The van der Waals surface area contributed by atoms with Crippen molar-refractivity contribution in [3.63, 3.8) is 0 Å². The standard InChI is InChI=1S/C12H7ClFNO/c13-11-4-2-1-3-10(11)12(16)8-5-9(14)7-15-6-8/h1-7H. The van der Waals surface area contributed by atoms with Crippen molar-refractivity contribution < 1.29 is 9.18 Å². The third-order valence-electron chi connectivity index (χ3n) is 2.09. The van der Waals surface area contributed by atoms with Crippen molar-refractivity contribution in [3.05, 3.63) is 64.7 Å². The summed E-state index contributed by atoms with van der Waals surface area (Å²) in [6.07, 6.45) is 2.36. The smallest absolute Gasteiger partial charge is 0.196 e.